The number of primary amides is 1. The van der Waals surface area contributed by atoms with E-state index in [4.69, 9.17) is 5.73 Å². The molecule has 0 aliphatic carbocycles. The first-order valence-electron chi connectivity index (χ1n) is 5.80. The monoisotopic (exact) mass is 288 g/mol. The molecule has 0 saturated carbocycles. The van der Waals surface area contributed by atoms with Crippen LogP contribution in [-0.4, -0.2) is 17.6 Å². The highest BCUT2D eigenvalue weighted by atomic mass is 32.1. The van der Waals surface area contributed by atoms with E-state index in [1.165, 1.54) is 11.3 Å². The number of carbonyl (C=O) groups excluding carboxylic acids is 3. The van der Waals surface area contributed by atoms with Gasteiger partial charge in [0.05, 0.1) is 5.56 Å². The first-order valence-corrected chi connectivity index (χ1v) is 6.61. The van der Waals surface area contributed by atoms with Crippen LogP contribution in [-0.2, 0) is 9.59 Å². The van der Waals surface area contributed by atoms with Crippen LogP contribution in [0.5, 0.6) is 0 Å². The van der Waals surface area contributed by atoms with Crippen molar-refractivity contribution < 1.29 is 14.4 Å². The number of anilines is 1. The number of amides is 2. The zero-order valence-corrected chi connectivity index (χ0v) is 11.5. The van der Waals surface area contributed by atoms with Gasteiger partial charge in [0, 0.05) is 11.8 Å². The standard InChI is InChI=1S/C14H12N2O3S/c1-8(17)13(19)16-14-10(12(15)18)7-11(20-14)9-5-3-2-4-6-9/h2-7H,1H3,(H2,15,18)(H,16,19). The van der Waals surface area contributed by atoms with Gasteiger partial charge in [0.2, 0.25) is 5.78 Å². The maximum Gasteiger partial charge on any atom is 0.292 e. The molecule has 1 aromatic carbocycles. The molecule has 0 aliphatic heterocycles. The molecule has 0 saturated heterocycles. The third kappa shape index (κ3) is 2.92. The molecule has 0 radical (unpaired) electrons. The third-order valence-corrected chi connectivity index (χ3v) is 3.70. The Morgan fingerprint density at radius 1 is 1.15 bits per heavy atom. The molecule has 0 atom stereocenters. The zero-order valence-electron chi connectivity index (χ0n) is 10.7. The number of benzene rings is 1. The van der Waals surface area contributed by atoms with E-state index in [0.29, 0.717) is 0 Å². The molecule has 20 heavy (non-hydrogen) atoms. The molecule has 5 nitrogen and oxygen atoms in total. The van der Waals surface area contributed by atoms with Crippen molar-refractivity contribution in [1.82, 2.24) is 0 Å². The minimum Gasteiger partial charge on any atom is -0.366 e. The summed E-state index contributed by atoms with van der Waals surface area (Å²) in [4.78, 5) is 34.6. The summed E-state index contributed by atoms with van der Waals surface area (Å²) in [5, 5.41) is 2.70. The number of nitrogens with one attached hydrogen (secondary N) is 1. The molecular formula is C14H12N2O3S. The molecule has 0 unspecified atom stereocenters. The molecule has 1 aromatic heterocycles. The van der Waals surface area contributed by atoms with Crippen molar-refractivity contribution in [3.05, 3.63) is 42.0 Å². The summed E-state index contributed by atoms with van der Waals surface area (Å²) < 4.78 is 0. The van der Waals surface area contributed by atoms with E-state index < -0.39 is 17.6 Å². The summed E-state index contributed by atoms with van der Waals surface area (Å²) >= 11 is 1.20. The molecule has 0 aliphatic rings. The van der Waals surface area contributed by atoms with E-state index in [2.05, 4.69) is 5.32 Å². The van der Waals surface area contributed by atoms with Gasteiger partial charge < -0.3 is 11.1 Å². The summed E-state index contributed by atoms with van der Waals surface area (Å²) in [6.07, 6.45) is 0. The fraction of sp³-hybridized carbons (Fsp3) is 0.0714. The van der Waals surface area contributed by atoms with Crippen LogP contribution in [0.25, 0.3) is 10.4 Å². The fourth-order valence-electron chi connectivity index (χ4n) is 1.60. The molecule has 0 bridgehead atoms. The van der Waals surface area contributed by atoms with Crippen molar-refractivity contribution in [3.8, 4) is 10.4 Å². The Balaban J connectivity index is 2.41. The first-order chi connectivity index (χ1) is 9.49. The van der Waals surface area contributed by atoms with Gasteiger partial charge in [-0.1, -0.05) is 30.3 Å². The predicted octanol–water partition coefficient (Wildman–Crippen LogP) is 2.04. The average Bonchev–Trinajstić information content (AvgIpc) is 2.83. The van der Waals surface area contributed by atoms with Crippen molar-refractivity contribution in [2.24, 2.45) is 5.73 Å². The van der Waals surface area contributed by atoms with Gasteiger partial charge in [0.1, 0.15) is 5.00 Å². The first kappa shape index (κ1) is 14.0. The van der Waals surface area contributed by atoms with Crippen molar-refractivity contribution in [2.45, 2.75) is 6.92 Å². The van der Waals surface area contributed by atoms with Crippen LogP contribution in [0.15, 0.2) is 36.4 Å². The summed E-state index contributed by atoms with van der Waals surface area (Å²) in [5.74, 6) is -2.05. The third-order valence-electron chi connectivity index (χ3n) is 2.60. The molecule has 6 heteroatoms. The molecule has 0 fully saturated rings. The van der Waals surface area contributed by atoms with E-state index in [9.17, 15) is 14.4 Å². The molecule has 102 valence electrons. The summed E-state index contributed by atoms with van der Waals surface area (Å²) in [7, 11) is 0. The Kier molecular flexibility index (Phi) is 3.95. The SMILES string of the molecule is CC(=O)C(=O)Nc1sc(-c2ccccc2)cc1C(N)=O. The molecule has 2 aromatic rings. The second-order valence-corrected chi connectivity index (χ2v) is 5.15. The second kappa shape index (κ2) is 5.66. The fourth-order valence-corrected chi connectivity index (χ4v) is 2.67. The van der Waals surface area contributed by atoms with E-state index in [1.807, 2.05) is 30.3 Å². The van der Waals surface area contributed by atoms with Crippen LogP contribution in [0.3, 0.4) is 0 Å². The normalized spacial score (nSPS) is 10.1. The van der Waals surface area contributed by atoms with Gasteiger partial charge >= 0.3 is 0 Å². The Hall–Kier alpha value is -2.47. The van der Waals surface area contributed by atoms with Crippen molar-refractivity contribution in [3.63, 3.8) is 0 Å². The number of Topliss-reactive ketones (excluding diaryl/α,β-unsaturated/α-hetero) is 1. The Morgan fingerprint density at radius 3 is 2.35 bits per heavy atom. The molecule has 3 N–H and O–H groups in total. The quantitative estimate of drug-likeness (QED) is 0.844. The lowest BCUT2D eigenvalue weighted by Gasteiger charge is -2.00. The van der Waals surface area contributed by atoms with Crippen LogP contribution in [0, 0.1) is 0 Å². The van der Waals surface area contributed by atoms with Gasteiger partial charge in [-0.25, -0.2) is 0 Å². The Morgan fingerprint density at radius 2 is 1.80 bits per heavy atom. The van der Waals surface area contributed by atoms with Crippen molar-refractivity contribution >= 4 is 33.9 Å². The molecule has 1 heterocycles. The van der Waals surface area contributed by atoms with Crippen LogP contribution in [0.2, 0.25) is 0 Å². The van der Waals surface area contributed by atoms with Crippen molar-refractivity contribution in [2.75, 3.05) is 5.32 Å². The number of thiophene rings is 1. The Bertz CT molecular complexity index is 677. The minimum absolute atomic E-state index is 0.198. The molecular weight excluding hydrogens is 276 g/mol. The summed E-state index contributed by atoms with van der Waals surface area (Å²) in [6.45, 7) is 1.16. The Labute approximate surface area is 119 Å². The number of hydrogen-bond donors (Lipinski definition) is 2. The predicted molar refractivity (Wildman–Crippen MR) is 77.6 cm³/mol. The maximum atomic E-state index is 11.4. The lowest BCUT2D eigenvalue weighted by atomic mass is 10.1. The van der Waals surface area contributed by atoms with Crippen LogP contribution >= 0.6 is 11.3 Å². The molecule has 0 spiro atoms. The second-order valence-electron chi connectivity index (χ2n) is 4.09. The van der Waals surface area contributed by atoms with Gasteiger partial charge in [-0.2, -0.15) is 0 Å². The highest BCUT2D eigenvalue weighted by Gasteiger charge is 2.18. The topological polar surface area (TPSA) is 89.3 Å². The van der Waals surface area contributed by atoms with E-state index in [-0.39, 0.29) is 10.6 Å². The van der Waals surface area contributed by atoms with Gasteiger partial charge in [-0.05, 0) is 11.6 Å². The van der Waals surface area contributed by atoms with Gasteiger partial charge in [-0.15, -0.1) is 11.3 Å². The number of nitrogens with two attached hydrogens (primary N) is 1. The maximum absolute atomic E-state index is 11.4. The van der Waals surface area contributed by atoms with Crippen molar-refractivity contribution in [1.29, 1.82) is 0 Å². The van der Waals surface area contributed by atoms with E-state index in [1.54, 1.807) is 6.07 Å². The van der Waals surface area contributed by atoms with Crippen LogP contribution in [0.1, 0.15) is 17.3 Å². The minimum atomic E-state index is -0.769. The smallest absolute Gasteiger partial charge is 0.292 e. The highest BCUT2D eigenvalue weighted by Crippen LogP contribution is 2.35. The molecule has 2 rings (SSSR count). The number of ketones is 1. The van der Waals surface area contributed by atoms with Crippen LogP contribution < -0.4 is 11.1 Å². The van der Waals surface area contributed by atoms with Crippen LogP contribution in [0.4, 0.5) is 5.00 Å². The van der Waals surface area contributed by atoms with Gasteiger partial charge in [0.25, 0.3) is 11.8 Å². The zero-order chi connectivity index (χ0) is 14.7. The number of hydrogen-bond acceptors (Lipinski definition) is 4. The van der Waals surface area contributed by atoms with Gasteiger partial charge in [-0.3, -0.25) is 14.4 Å². The average molecular weight is 288 g/mol. The highest BCUT2D eigenvalue weighted by molar-refractivity contribution is 7.20. The van der Waals surface area contributed by atoms with E-state index >= 15 is 0 Å². The lowest BCUT2D eigenvalue weighted by Crippen LogP contribution is -2.21. The largest absolute Gasteiger partial charge is 0.366 e. The summed E-state index contributed by atoms with van der Waals surface area (Å²) in [5.41, 5.74) is 6.39. The molecule has 2 amide bonds. The lowest BCUT2D eigenvalue weighted by molar-refractivity contribution is -0.133. The van der Waals surface area contributed by atoms with E-state index in [0.717, 1.165) is 17.4 Å². The summed E-state index contributed by atoms with van der Waals surface area (Å²) in [6, 6.07) is 11.0. The number of carbonyl (C=O) groups is 3. The van der Waals surface area contributed by atoms with Gasteiger partial charge in [0.15, 0.2) is 0 Å². The number of rotatable bonds is 4.